The highest BCUT2D eigenvalue weighted by atomic mass is 79.9. The molecule has 0 aliphatic carbocycles. The fourth-order valence-corrected chi connectivity index (χ4v) is 6.96. The molecule has 0 atom stereocenters. The van der Waals surface area contributed by atoms with E-state index in [-0.39, 0.29) is 16.8 Å². The number of piperazine rings is 1. The number of carbonyl (C=O) groups excluding carboxylic acids is 1. The van der Waals surface area contributed by atoms with Gasteiger partial charge in [-0.05, 0) is 77.8 Å². The molecule has 0 radical (unpaired) electrons. The molecule has 6 nitrogen and oxygen atoms in total. The standard InChI is InChI=1S/C25H27Br2N3O3S2/c1-17(2)28-35(32,33)21-8-9-23(27)22(15-21)25(31)30-13-11-29(12-14-30)16-20-7-10-24(34-20)18-3-5-19(26)6-4-18/h3-10,15,17,28H,11-14,16H2,1-2H3. The first kappa shape index (κ1) is 26.5. The van der Waals surface area contributed by atoms with Crippen LogP contribution in [0.15, 0.2) is 68.4 Å². The van der Waals surface area contributed by atoms with E-state index in [1.807, 2.05) is 0 Å². The number of sulfonamides is 1. The van der Waals surface area contributed by atoms with Gasteiger partial charge < -0.3 is 4.90 Å². The maximum absolute atomic E-state index is 13.2. The highest BCUT2D eigenvalue weighted by molar-refractivity contribution is 9.10. The van der Waals surface area contributed by atoms with Gasteiger partial charge in [0.05, 0.1) is 10.5 Å². The van der Waals surface area contributed by atoms with Crippen LogP contribution in [-0.2, 0) is 16.6 Å². The topological polar surface area (TPSA) is 69.7 Å². The zero-order chi connectivity index (χ0) is 25.2. The van der Waals surface area contributed by atoms with Crippen LogP contribution in [0.3, 0.4) is 0 Å². The number of halogens is 2. The van der Waals surface area contributed by atoms with Crippen molar-refractivity contribution in [3.05, 3.63) is 74.0 Å². The van der Waals surface area contributed by atoms with Gasteiger partial charge in [0.2, 0.25) is 10.0 Å². The molecule has 35 heavy (non-hydrogen) atoms. The van der Waals surface area contributed by atoms with Crippen molar-refractivity contribution in [3.63, 3.8) is 0 Å². The summed E-state index contributed by atoms with van der Waals surface area (Å²) < 4.78 is 29.4. The summed E-state index contributed by atoms with van der Waals surface area (Å²) in [7, 11) is -3.68. The molecule has 4 rings (SSSR count). The van der Waals surface area contributed by atoms with Crippen LogP contribution in [0.25, 0.3) is 10.4 Å². The lowest BCUT2D eigenvalue weighted by atomic mass is 10.2. The molecule has 1 aliphatic rings. The van der Waals surface area contributed by atoms with Crippen molar-refractivity contribution in [1.29, 1.82) is 0 Å². The summed E-state index contributed by atoms with van der Waals surface area (Å²) >= 11 is 8.70. The van der Waals surface area contributed by atoms with Gasteiger partial charge in [0.1, 0.15) is 0 Å². The molecule has 186 valence electrons. The number of nitrogens with zero attached hydrogens (tertiary/aromatic N) is 2. The number of benzene rings is 2. The smallest absolute Gasteiger partial charge is 0.255 e. The molecular formula is C25H27Br2N3O3S2. The Balaban J connectivity index is 1.38. The zero-order valence-corrected chi connectivity index (χ0v) is 24.3. The Bertz CT molecular complexity index is 1300. The van der Waals surface area contributed by atoms with Gasteiger partial charge in [0, 0.05) is 57.5 Å². The van der Waals surface area contributed by atoms with Gasteiger partial charge in [0.15, 0.2) is 0 Å². The highest BCUT2D eigenvalue weighted by Gasteiger charge is 2.26. The second-order valence-electron chi connectivity index (χ2n) is 8.76. The van der Waals surface area contributed by atoms with Crippen molar-refractivity contribution in [2.45, 2.75) is 31.3 Å². The van der Waals surface area contributed by atoms with Gasteiger partial charge in [-0.25, -0.2) is 13.1 Å². The third kappa shape index (κ3) is 6.61. The van der Waals surface area contributed by atoms with Crippen molar-refractivity contribution in [2.24, 2.45) is 0 Å². The van der Waals surface area contributed by atoms with Gasteiger partial charge in [-0.2, -0.15) is 0 Å². The predicted molar refractivity (Wildman–Crippen MR) is 148 cm³/mol. The maximum atomic E-state index is 13.2. The Hall–Kier alpha value is -1.56. The molecule has 1 aromatic heterocycles. The Kier molecular flexibility index (Phi) is 8.50. The number of nitrogens with one attached hydrogen (secondary N) is 1. The summed E-state index contributed by atoms with van der Waals surface area (Å²) in [5, 5.41) is 0. The van der Waals surface area contributed by atoms with Crippen LogP contribution in [0.4, 0.5) is 0 Å². The maximum Gasteiger partial charge on any atom is 0.255 e. The van der Waals surface area contributed by atoms with E-state index in [4.69, 9.17) is 0 Å². The molecule has 1 saturated heterocycles. The minimum absolute atomic E-state index is 0.0932. The molecule has 2 heterocycles. The van der Waals surface area contributed by atoms with Crippen molar-refractivity contribution in [2.75, 3.05) is 26.2 Å². The SMILES string of the molecule is CC(C)NS(=O)(=O)c1ccc(Br)c(C(=O)N2CCN(Cc3ccc(-c4ccc(Br)cc4)s3)CC2)c1. The van der Waals surface area contributed by atoms with Gasteiger partial charge >= 0.3 is 0 Å². The van der Waals surface area contributed by atoms with Crippen LogP contribution < -0.4 is 4.72 Å². The van der Waals surface area contributed by atoms with E-state index in [1.54, 1.807) is 36.2 Å². The lowest BCUT2D eigenvalue weighted by Gasteiger charge is -2.34. The van der Waals surface area contributed by atoms with E-state index >= 15 is 0 Å². The molecule has 10 heteroatoms. The Labute approximate surface area is 227 Å². The summed E-state index contributed by atoms with van der Waals surface area (Å²) in [6.45, 7) is 7.10. The zero-order valence-electron chi connectivity index (χ0n) is 19.5. The fourth-order valence-electron chi connectivity index (χ4n) is 3.95. The number of thiophene rings is 1. The Morgan fingerprint density at radius 2 is 1.69 bits per heavy atom. The first-order valence-electron chi connectivity index (χ1n) is 11.3. The van der Waals surface area contributed by atoms with E-state index in [1.165, 1.54) is 27.5 Å². The molecule has 0 unspecified atom stereocenters. The Morgan fingerprint density at radius 1 is 1.00 bits per heavy atom. The van der Waals surface area contributed by atoms with E-state index in [2.05, 4.69) is 77.9 Å². The monoisotopic (exact) mass is 639 g/mol. The van der Waals surface area contributed by atoms with Crippen molar-refractivity contribution in [3.8, 4) is 10.4 Å². The first-order chi connectivity index (χ1) is 16.6. The molecular weight excluding hydrogens is 614 g/mol. The predicted octanol–water partition coefficient (Wildman–Crippen LogP) is 5.58. The average molecular weight is 641 g/mol. The molecule has 2 aromatic carbocycles. The van der Waals surface area contributed by atoms with Gasteiger partial charge in [0.25, 0.3) is 5.91 Å². The lowest BCUT2D eigenvalue weighted by Crippen LogP contribution is -2.48. The molecule has 3 aromatic rings. The largest absolute Gasteiger partial charge is 0.336 e. The summed E-state index contributed by atoms with van der Waals surface area (Å²) in [6.07, 6.45) is 0. The van der Waals surface area contributed by atoms with Crippen molar-refractivity contribution in [1.82, 2.24) is 14.5 Å². The molecule has 1 N–H and O–H groups in total. The van der Waals surface area contributed by atoms with E-state index < -0.39 is 10.0 Å². The Morgan fingerprint density at radius 3 is 2.34 bits per heavy atom. The number of amides is 1. The average Bonchev–Trinajstić information content (AvgIpc) is 3.27. The van der Waals surface area contributed by atoms with Crippen LogP contribution in [0, 0.1) is 0 Å². The van der Waals surface area contributed by atoms with Crippen molar-refractivity contribution < 1.29 is 13.2 Å². The molecule has 0 saturated carbocycles. The van der Waals surface area contributed by atoms with Crippen LogP contribution in [0.5, 0.6) is 0 Å². The minimum atomic E-state index is -3.68. The third-order valence-electron chi connectivity index (χ3n) is 5.70. The fraction of sp³-hybridized carbons (Fsp3) is 0.320. The van der Waals surface area contributed by atoms with Crippen LogP contribution in [0.2, 0.25) is 0 Å². The van der Waals surface area contributed by atoms with Gasteiger partial charge in [-0.3, -0.25) is 9.69 Å². The quantitative estimate of drug-likeness (QED) is 0.366. The third-order valence-corrected chi connectivity index (χ3v) is 9.69. The summed E-state index contributed by atoms with van der Waals surface area (Å²) in [6, 6.07) is 17.0. The molecule has 0 bridgehead atoms. The van der Waals surface area contributed by atoms with Gasteiger partial charge in [-0.15, -0.1) is 11.3 Å². The second-order valence-corrected chi connectivity index (χ2v) is 13.4. The number of hydrogen-bond donors (Lipinski definition) is 1. The van der Waals surface area contributed by atoms with Crippen LogP contribution >= 0.6 is 43.2 Å². The number of carbonyl (C=O) groups is 1. The molecule has 0 spiro atoms. The first-order valence-corrected chi connectivity index (χ1v) is 15.2. The molecule has 1 fully saturated rings. The summed E-state index contributed by atoms with van der Waals surface area (Å²) in [4.78, 5) is 20.0. The number of rotatable bonds is 7. The van der Waals surface area contributed by atoms with E-state index in [9.17, 15) is 13.2 Å². The number of hydrogen-bond acceptors (Lipinski definition) is 5. The van der Waals surface area contributed by atoms with Crippen LogP contribution in [0.1, 0.15) is 29.1 Å². The summed E-state index contributed by atoms with van der Waals surface area (Å²) in [5.41, 5.74) is 1.57. The minimum Gasteiger partial charge on any atom is -0.336 e. The summed E-state index contributed by atoms with van der Waals surface area (Å²) in [5.74, 6) is -0.160. The normalized spacial score (nSPS) is 15.1. The highest BCUT2D eigenvalue weighted by Crippen LogP contribution is 2.30. The second kappa shape index (κ2) is 11.2. The van der Waals surface area contributed by atoms with E-state index in [0.29, 0.717) is 23.1 Å². The lowest BCUT2D eigenvalue weighted by molar-refractivity contribution is 0.0628. The van der Waals surface area contributed by atoms with Gasteiger partial charge in [-0.1, -0.05) is 28.1 Å². The molecule has 1 aliphatic heterocycles. The van der Waals surface area contributed by atoms with Crippen LogP contribution in [-0.4, -0.2) is 56.3 Å². The van der Waals surface area contributed by atoms with Crippen molar-refractivity contribution >= 4 is 59.1 Å². The van der Waals surface area contributed by atoms with E-state index in [0.717, 1.165) is 24.1 Å². The molecule has 1 amide bonds.